The Morgan fingerprint density at radius 1 is 1.47 bits per heavy atom. The minimum Gasteiger partial charge on any atom is -0.367 e. The Morgan fingerprint density at radius 3 is 2.76 bits per heavy atom. The van der Waals surface area contributed by atoms with E-state index in [1.807, 2.05) is 35.2 Å². The Morgan fingerprint density at radius 2 is 2.18 bits per heavy atom. The predicted octanol–water partition coefficient (Wildman–Crippen LogP) is 0.967. The highest BCUT2D eigenvalue weighted by atomic mass is 16.6. The second-order valence-electron chi connectivity index (χ2n) is 4.24. The lowest BCUT2D eigenvalue weighted by Crippen LogP contribution is -2.46. The van der Waals surface area contributed by atoms with E-state index in [0.29, 0.717) is 19.7 Å². The van der Waals surface area contributed by atoms with E-state index in [4.69, 9.17) is 4.74 Å². The van der Waals surface area contributed by atoms with Crippen molar-refractivity contribution in [3.63, 3.8) is 0 Å². The van der Waals surface area contributed by atoms with Crippen molar-refractivity contribution >= 4 is 5.78 Å². The van der Waals surface area contributed by atoms with Gasteiger partial charge in [-0.1, -0.05) is 30.3 Å². The second kappa shape index (κ2) is 5.40. The van der Waals surface area contributed by atoms with E-state index >= 15 is 0 Å². The van der Waals surface area contributed by atoms with Gasteiger partial charge in [-0.3, -0.25) is 9.69 Å². The molecular weight excluding hydrogens is 218 g/mol. The highest BCUT2D eigenvalue weighted by Crippen LogP contribution is 2.23. The first-order valence-corrected chi connectivity index (χ1v) is 5.77. The largest absolute Gasteiger partial charge is 0.367 e. The van der Waals surface area contributed by atoms with Crippen LogP contribution in [0.3, 0.4) is 0 Å². The van der Waals surface area contributed by atoms with Crippen LogP contribution in [0.15, 0.2) is 30.3 Å². The minimum absolute atomic E-state index is 0.0882. The highest BCUT2D eigenvalue weighted by molar-refractivity contribution is 5.82. The minimum atomic E-state index is -0.797. The van der Waals surface area contributed by atoms with E-state index in [-0.39, 0.29) is 11.8 Å². The van der Waals surface area contributed by atoms with Crippen LogP contribution in [0.5, 0.6) is 0 Å². The smallest absolute Gasteiger partial charge is 0.167 e. The lowest BCUT2D eigenvalue weighted by molar-refractivity contribution is -0.157. The Bertz CT molecular complexity index is 380. The summed E-state index contributed by atoms with van der Waals surface area (Å²) in [5, 5.41) is 9.48. The topological polar surface area (TPSA) is 49.8 Å². The Kier molecular flexibility index (Phi) is 3.89. The molecule has 1 unspecified atom stereocenters. The number of morpholine rings is 1. The van der Waals surface area contributed by atoms with Crippen molar-refractivity contribution in [1.82, 2.24) is 4.90 Å². The van der Waals surface area contributed by atoms with Gasteiger partial charge in [0, 0.05) is 6.54 Å². The second-order valence-corrected chi connectivity index (χ2v) is 4.24. The normalized spacial score (nSPS) is 23.3. The van der Waals surface area contributed by atoms with Crippen molar-refractivity contribution in [2.75, 3.05) is 19.7 Å². The number of rotatable bonds is 3. The molecule has 4 nitrogen and oxygen atoms in total. The Hall–Kier alpha value is -1.23. The van der Waals surface area contributed by atoms with Crippen molar-refractivity contribution < 1.29 is 14.6 Å². The molecule has 1 heterocycles. The molecule has 17 heavy (non-hydrogen) atoms. The van der Waals surface area contributed by atoms with Gasteiger partial charge >= 0.3 is 0 Å². The molecule has 0 amide bonds. The third-order valence-corrected chi connectivity index (χ3v) is 2.94. The summed E-state index contributed by atoms with van der Waals surface area (Å²) in [7, 11) is 0. The number of ether oxygens (including phenoxy) is 1. The maximum atomic E-state index is 11.8. The van der Waals surface area contributed by atoms with Gasteiger partial charge in [-0.15, -0.1) is 0 Å². The number of benzene rings is 1. The summed E-state index contributed by atoms with van der Waals surface area (Å²) >= 11 is 0. The fourth-order valence-corrected chi connectivity index (χ4v) is 2.22. The zero-order valence-corrected chi connectivity index (χ0v) is 9.87. The molecule has 1 aliphatic rings. The number of Topliss-reactive ketones (excluding diaryl/α,β-unsaturated/α-hetero) is 1. The first kappa shape index (κ1) is 12.2. The van der Waals surface area contributed by atoms with Gasteiger partial charge in [0.1, 0.15) is 0 Å². The molecule has 0 bridgehead atoms. The first-order chi connectivity index (χ1) is 8.18. The molecule has 0 aliphatic carbocycles. The number of nitrogens with zero attached hydrogens (tertiary/aromatic N) is 1. The molecule has 0 spiro atoms. The van der Waals surface area contributed by atoms with Crippen LogP contribution in [0, 0.1) is 0 Å². The van der Waals surface area contributed by atoms with Crippen molar-refractivity contribution in [2.45, 2.75) is 19.3 Å². The first-order valence-electron chi connectivity index (χ1n) is 5.77. The number of hydrogen-bond acceptors (Lipinski definition) is 4. The van der Waals surface area contributed by atoms with Crippen LogP contribution in [0.4, 0.5) is 0 Å². The summed E-state index contributed by atoms with van der Waals surface area (Å²) in [6.45, 7) is 3.08. The quantitative estimate of drug-likeness (QED) is 0.848. The van der Waals surface area contributed by atoms with Crippen molar-refractivity contribution in [3.05, 3.63) is 35.9 Å². The van der Waals surface area contributed by atoms with Crippen LogP contribution in [0.2, 0.25) is 0 Å². The predicted molar refractivity (Wildman–Crippen MR) is 63.4 cm³/mol. The van der Waals surface area contributed by atoms with Crippen molar-refractivity contribution in [1.29, 1.82) is 0 Å². The molecule has 1 N–H and O–H groups in total. The number of β-amino-alcohol motifs (C(OH)–C–C–N with tert-alkyl or cyclic N) is 1. The van der Waals surface area contributed by atoms with Gasteiger partial charge in [-0.2, -0.15) is 0 Å². The van der Waals surface area contributed by atoms with E-state index in [9.17, 15) is 9.90 Å². The number of hydrogen-bond donors (Lipinski definition) is 1. The number of aliphatic hydroxyl groups is 1. The van der Waals surface area contributed by atoms with Gasteiger partial charge in [0.25, 0.3) is 0 Å². The molecule has 1 aromatic rings. The molecule has 92 valence electrons. The molecule has 0 radical (unpaired) electrons. The van der Waals surface area contributed by atoms with Crippen LogP contribution in [-0.2, 0) is 9.53 Å². The SMILES string of the molecule is CC(=O)[C@H](c1ccccc1)N1CCOC(O)C1. The summed E-state index contributed by atoms with van der Waals surface area (Å²) < 4.78 is 5.08. The molecule has 4 heteroatoms. The summed E-state index contributed by atoms with van der Waals surface area (Å²) in [4.78, 5) is 13.8. The Labute approximate surface area is 101 Å². The third-order valence-electron chi connectivity index (χ3n) is 2.94. The summed E-state index contributed by atoms with van der Waals surface area (Å²) in [5.74, 6) is 0.0882. The molecular formula is C13H17NO3. The average molecular weight is 235 g/mol. The number of carbonyl (C=O) groups is 1. The van der Waals surface area contributed by atoms with Crippen LogP contribution in [-0.4, -0.2) is 41.8 Å². The molecule has 2 atom stereocenters. The maximum absolute atomic E-state index is 11.8. The lowest BCUT2D eigenvalue weighted by atomic mass is 10.0. The summed E-state index contributed by atoms with van der Waals surface area (Å²) in [6, 6.07) is 9.36. The zero-order chi connectivity index (χ0) is 12.3. The Balaban J connectivity index is 2.20. The monoisotopic (exact) mass is 235 g/mol. The molecule has 1 aliphatic heterocycles. The molecule has 2 rings (SSSR count). The third kappa shape index (κ3) is 2.91. The molecule has 1 saturated heterocycles. The van der Waals surface area contributed by atoms with E-state index in [1.54, 1.807) is 6.92 Å². The summed E-state index contributed by atoms with van der Waals surface area (Å²) in [6.07, 6.45) is -0.797. The number of ketones is 1. The number of aliphatic hydroxyl groups excluding tert-OH is 1. The average Bonchev–Trinajstić information content (AvgIpc) is 2.30. The van der Waals surface area contributed by atoms with Gasteiger partial charge in [0.2, 0.25) is 0 Å². The van der Waals surface area contributed by atoms with Crippen LogP contribution in [0.25, 0.3) is 0 Å². The maximum Gasteiger partial charge on any atom is 0.167 e. The van der Waals surface area contributed by atoms with Gasteiger partial charge in [0.15, 0.2) is 12.1 Å². The highest BCUT2D eigenvalue weighted by Gasteiger charge is 2.29. The van der Waals surface area contributed by atoms with E-state index < -0.39 is 6.29 Å². The fraction of sp³-hybridized carbons (Fsp3) is 0.462. The van der Waals surface area contributed by atoms with Crippen LogP contribution < -0.4 is 0 Å². The van der Waals surface area contributed by atoms with Gasteiger partial charge in [-0.25, -0.2) is 0 Å². The molecule has 1 aromatic carbocycles. The van der Waals surface area contributed by atoms with Crippen LogP contribution in [0.1, 0.15) is 18.5 Å². The van der Waals surface area contributed by atoms with E-state index in [1.165, 1.54) is 0 Å². The molecule has 0 aromatic heterocycles. The summed E-state index contributed by atoms with van der Waals surface area (Å²) in [5.41, 5.74) is 0.967. The number of carbonyl (C=O) groups excluding carboxylic acids is 1. The zero-order valence-electron chi connectivity index (χ0n) is 9.87. The van der Waals surface area contributed by atoms with Gasteiger partial charge < -0.3 is 9.84 Å². The molecule has 0 saturated carbocycles. The molecule has 1 fully saturated rings. The van der Waals surface area contributed by atoms with Crippen molar-refractivity contribution in [3.8, 4) is 0 Å². The van der Waals surface area contributed by atoms with Gasteiger partial charge in [-0.05, 0) is 12.5 Å². The standard InChI is InChI=1S/C13H17NO3/c1-10(15)13(11-5-3-2-4-6-11)14-7-8-17-12(16)9-14/h2-6,12-13,16H,7-9H2,1H3/t12?,13-/m1/s1. The van der Waals surface area contributed by atoms with Gasteiger partial charge in [0.05, 0.1) is 19.2 Å². The van der Waals surface area contributed by atoms with E-state index in [0.717, 1.165) is 5.56 Å². The van der Waals surface area contributed by atoms with E-state index in [2.05, 4.69) is 0 Å². The van der Waals surface area contributed by atoms with Crippen molar-refractivity contribution in [2.24, 2.45) is 0 Å². The fourth-order valence-electron chi connectivity index (χ4n) is 2.22. The lowest BCUT2D eigenvalue weighted by Gasteiger charge is -2.35. The van der Waals surface area contributed by atoms with Crippen LogP contribution >= 0.6 is 0 Å².